The molecular formula is C15H15BrClNO2S. The van der Waals surface area contributed by atoms with Crippen molar-refractivity contribution in [2.45, 2.75) is 19.9 Å². The van der Waals surface area contributed by atoms with Gasteiger partial charge in [0.15, 0.2) is 6.04 Å². The minimum Gasteiger partial charge on any atom is -0.464 e. The van der Waals surface area contributed by atoms with E-state index >= 15 is 0 Å². The van der Waals surface area contributed by atoms with Crippen molar-refractivity contribution in [2.75, 3.05) is 11.9 Å². The van der Waals surface area contributed by atoms with E-state index in [4.69, 9.17) is 16.3 Å². The smallest absolute Gasteiger partial charge is 0.334 e. The fraction of sp³-hybridized carbons (Fsp3) is 0.267. The topological polar surface area (TPSA) is 38.3 Å². The third-order valence-corrected chi connectivity index (χ3v) is 5.34. The average molecular weight is 389 g/mol. The van der Waals surface area contributed by atoms with E-state index in [1.54, 1.807) is 6.92 Å². The molecule has 0 saturated heterocycles. The molecule has 1 N–H and O–H groups in total. The van der Waals surface area contributed by atoms with Crippen LogP contribution in [0.5, 0.6) is 0 Å². The summed E-state index contributed by atoms with van der Waals surface area (Å²) >= 11 is 10.8. The molecule has 0 spiro atoms. The molecule has 1 heterocycles. The standard InChI is InChI=1S/C15H15BrClNO2S/c1-3-20-15(19)13(12-8-11(16)14(17)21-12)18-10-6-4-5-9(2)7-10/h4-8,13,18H,3H2,1-2H3. The van der Waals surface area contributed by atoms with Crippen molar-refractivity contribution in [3.05, 3.63) is 49.6 Å². The van der Waals surface area contributed by atoms with Crippen LogP contribution in [0.15, 0.2) is 34.8 Å². The monoisotopic (exact) mass is 387 g/mol. The van der Waals surface area contributed by atoms with Crippen molar-refractivity contribution in [1.29, 1.82) is 0 Å². The third kappa shape index (κ3) is 4.22. The zero-order valence-corrected chi connectivity index (χ0v) is 14.8. The molecule has 0 fully saturated rings. The second-order valence-corrected chi connectivity index (χ2v) is 7.01. The van der Waals surface area contributed by atoms with Crippen LogP contribution in [-0.2, 0) is 9.53 Å². The van der Waals surface area contributed by atoms with Gasteiger partial charge in [0.1, 0.15) is 4.34 Å². The highest BCUT2D eigenvalue weighted by molar-refractivity contribution is 9.10. The molecule has 1 aromatic heterocycles. The Morgan fingerprint density at radius 1 is 1.48 bits per heavy atom. The van der Waals surface area contributed by atoms with E-state index < -0.39 is 6.04 Å². The number of hydrogen-bond donors (Lipinski definition) is 1. The lowest BCUT2D eigenvalue weighted by atomic mass is 10.2. The normalized spacial score (nSPS) is 12.0. The van der Waals surface area contributed by atoms with Crippen molar-refractivity contribution in [3.8, 4) is 0 Å². The van der Waals surface area contributed by atoms with Gasteiger partial charge in [-0.05, 0) is 53.5 Å². The lowest BCUT2D eigenvalue weighted by molar-refractivity contribution is -0.144. The van der Waals surface area contributed by atoms with E-state index in [9.17, 15) is 4.79 Å². The van der Waals surface area contributed by atoms with E-state index in [-0.39, 0.29) is 5.97 Å². The van der Waals surface area contributed by atoms with Crippen LogP contribution >= 0.6 is 38.9 Å². The van der Waals surface area contributed by atoms with Crippen LogP contribution in [0.2, 0.25) is 4.34 Å². The van der Waals surface area contributed by atoms with E-state index in [1.165, 1.54) is 11.3 Å². The molecule has 21 heavy (non-hydrogen) atoms. The molecule has 1 aromatic carbocycles. The van der Waals surface area contributed by atoms with Gasteiger partial charge in [-0.3, -0.25) is 0 Å². The molecule has 0 aliphatic rings. The summed E-state index contributed by atoms with van der Waals surface area (Å²) in [5.74, 6) is -0.315. The Morgan fingerprint density at radius 3 is 2.81 bits per heavy atom. The Bertz CT molecular complexity index is 625. The first kappa shape index (κ1) is 16.3. The first-order chi connectivity index (χ1) is 10.0. The summed E-state index contributed by atoms with van der Waals surface area (Å²) in [5.41, 5.74) is 1.99. The van der Waals surface area contributed by atoms with Gasteiger partial charge in [-0.2, -0.15) is 0 Å². The lowest BCUT2D eigenvalue weighted by Gasteiger charge is -2.17. The van der Waals surface area contributed by atoms with Gasteiger partial charge in [-0.1, -0.05) is 23.7 Å². The van der Waals surface area contributed by atoms with Crippen LogP contribution in [0.25, 0.3) is 0 Å². The predicted molar refractivity (Wildman–Crippen MR) is 91.2 cm³/mol. The van der Waals surface area contributed by atoms with Gasteiger partial charge in [0.05, 0.1) is 6.61 Å². The second-order valence-electron chi connectivity index (χ2n) is 4.47. The minimum atomic E-state index is -0.569. The molecule has 0 saturated carbocycles. The zero-order chi connectivity index (χ0) is 15.4. The van der Waals surface area contributed by atoms with Crippen molar-refractivity contribution in [3.63, 3.8) is 0 Å². The van der Waals surface area contributed by atoms with Crippen LogP contribution in [-0.4, -0.2) is 12.6 Å². The van der Waals surface area contributed by atoms with Crippen LogP contribution in [0.4, 0.5) is 5.69 Å². The second kappa shape index (κ2) is 7.29. The third-order valence-electron chi connectivity index (χ3n) is 2.80. The van der Waals surface area contributed by atoms with Crippen molar-refractivity contribution in [1.82, 2.24) is 0 Å². The van der Waals surface area contributed by atoms with Gasteiger partial charge in [0, 0.05) is 15.0 Å². The minimum absolute atomic E-state index is 0.315. The largest absolute Gasteiger partial charge is 0.464 e. The van der Waals surface area contributed by atoms with Crippen LogP contribution < -0.4 is 5.32 Å². The first-order valence-electron chi connectivity index (χ1n) is 6.45. The highest BCUT2D eigenvalue weighted by atomic mass is 79.9. The number of rotatable bonds is 5. The van der Waals surface area contributed by atoms with E-state index in [1.807, 2.05) is 37.3 Å². The summed E-state index contributed by atoms with van der Waals surface area (Å²) in [6.07, 6.45) is 0. The summed E-state index contributed by atoms with van der Waals surface area (Å²) in [5, 5.41) is 3.22. The predicted octanol–water partition coefficient (Wildman–Crippen LogP) is 5.19. The molecule has 0 amide bonds. The highest BCUT2D eigenvalue weighted by Gasteiger charge is 2.25. The number of anilines is 1. The van der Waals surface area contributed by atoms with Crippen LogP contribution in [0.3, 0.4) is 0 Å². The van der Waals surface area contributed by atoms with Crippen molar-refractivity contribution < 1.29 is 9.53 Å². The summed E-state index contributed by atoms with van der Waals surface area (Å²) in [6.45, 7) is 4.13. The summed E-state index contributed by atoms with van der Waals surface area (Å²) in [4.78, 5) is 13.0. The maximum atomic E-state index is 12.2. The van der Waals surface area contributed by atoms with E-state index in [2.05, 4.69) is 21.2 Å². The summed E-state index contributed by atoms with van der Waals surface area (Å²) < 4.78 is 6.55. The van der Waals surface area contributed by atoms with Gasteiger partial charge in [-0.25, -0.2) is 4.79 Å². The van der Waals surface area contributed by atoms with Crippen molar-refractivity contribution >= 4 is 50.5 Å². The van der Waals surface area contributed by atoms with Gasteiger partial charge in [0.25, 0.3) is 0 Å². The number of nitrogens with one attached hydrogen (secondary N) is 1. The van der Waals surface area contributed by atoms with Crippen LogP contribution in [0.1, 0.15) is 23.4 Å². The Balaban J connectivity index is 2.30. The zero-order valence-electron chi connectivity index (χ0n) is 11.7. The number of ether oxygens (including phenoxy) is 1. The number of carbonyl (C=O) groups excluding carboxylic acids is 1. The summed E-state index contributed by atoms with van der Waals surface area (Å²) in [7, 11) is 0. The lowest BCUT2D eigenvalue weighted by Crippen LogP contribution is -2.22. The van der Waals surface area contributed by atoms with Gasteiger partial charge in [0.2, 0.25) is 0 Å². The molecule has 0 bridgehead atoms. The Kier molecular flexibility index (Phi) is 5.67. The number of esters is 1. The molecule has 0 aliphatic carbocycles. The maximum absolute atomic E-state index is 12.2. The molecule has 2 aromatic rings. The molecular weight excluding hydrogens is 374 g/mol. The molecule has 3 nitrogen and oxygen atoms in total. The van der Waals surface area contributed by atoms with Gasteiger partial charge < -0.3 is 10.1 Å². The number of thiophene rings is 1. The number of benzene rings is 1. The van der Waals surface area contributed by atoms with Gasteiger partial charge >= 0.3 is 5.97 Å². The Morgan fingerprint density at radius 2 is 2.24 bits per heavy atom. The number of aryl methyl sites for hydroxylation is 1. The molecule has 0 aliphatic heterocycles. The number of halogens is 2. The van der Waals surface area contributed by atoms with Gasteiger partial charge in [-0.15, -0.1) is 11.3 Å². The SMILES string of the molecule is CCOC(=O)C(Nc1cccc(C)c1)c1cc(Br)c(Cl)s1. The molecule has 1 atom stereocenters. The molecule has 0 radical (unpaired) electrons. The number of hydrogen-bond acceptors (Lipinski definition) is 4. The molecule has 112 valence electrons. The summed E-state index contributed by atoms with van der Waals surface area (Å²) in [6, 6.07) is 9.12. The molecule has 1 unspecified atom stereocenters. The van der Waals surface area contributed by atoms with Crippen molar-refractivity contribution in [2.24, 2.45) is 0 Å². The van der Waals surface area contributed by atoms with Crippen LogP contribution in [0, 0.1) is 6.92 Å². The molecule has 2 rings (SSSR count). The number of carbonyl (C=O) groups is 1. The fourth-order valence-electron chi connectivity index (χ4n) is 1.88. The fourth-order valence-corrected chi connectivity index (χ4v) is 3.65. The quantitative estimate of drug-likeness (QED) is 0.716. The highest BCUT2D eigenvalue weighted by Crippen LogP contribution is 2.36. The molecule has 6 heteroatoms. The maximum Gasteiger partial charge on any atom is 0.334 e. The Hall–Kier alpha value is -1.04. The van der Waals surface area contributed by atoms with E-state index in [0.29, 0.717) is 10.9 Å². The first-order valence-corrected chi connectivity index (χ1v) is 8.44. The Labute approximate surface area is 141 Å². The van der Waals surface area contributed by atoms with E-state index in [0.717, 1.165) is 20.6 Å². The average Bonchev–Trinajstić information content (AvgIpc) is 2.76.